The van der Waals surface area contributed by atoms with Crippen LogP contribution >= 0.6 is 0 Å². The largest absolute Gasteiger partial charge is 0.497 e. The van der Waals surface area contributed by atoms with Gasteiger partial charge in [-0.25, -0.2) is 4.98 Å². The summed E-state index contributed by atoms with van der Waals surface area (Å²) in [6, 6.07) is 20.9. The number of methoxy groups -OCH3 is 2. The lowest BCUT2D eigenvalue weighted by Gasteiger charge is -2.21. The van der Waals surface area contributed by atoms with E-state index < -0.39 is 0 Å². The molecule has 29 heavy (non-hydrogen) atoms. The Hall–Kier alpha value is -3.60. The van der Waals surface area contributed by atoms with Crippen LogP contribution in [-0.4, -0.2) is 23.8 Å². The van der Waals surface area contributed by atoms with Gasteiger partial charge in [0.25, 0.3) is 5.56 Å². The van der Waals surface area contributed by atoms with Crippen molar-refractivity contribution in [2.45, 2.75) is 13.0 Å². The highest BCUT2D eigenvalue weighted by atomic mass is 16.5. The van der Waals surface area contributed by atoms with Gasteiger partial charge in [-0.1, -0.05) is 35.9 Å². The lowest BCUT2D eigenvalue weighted by Crippen LogP contribution is -2.26. The Balaban J connectivity index is 1.92. The van der Waals surface area contributed by atoms with Gasteiger partial charge in [-0.3, -0.25) is 9.36 Å². The third kappa shape index (κ3) is 3.59. The fourth-order valence-electron chi connectivity index (χ4n) is 3.52. The first kappa shape index (κ1) is 18.7. The van der Waals surface area contributed by atoms with Crippen molar-refractivity contribution < 1.29 is 9.47 Å². The van der Waals surface area contributed by atoms with E-state index in [4.69, 9.17) is 9.47 Å². The molecule has 0 atom stereocenters. The Morgan fingerprint density at radius 1 is 0.828 bits per heavy atom. The molecular weight excluding hydrogens is 364 g/mol. The van der Waals surface area contributed by atoms with E-state index in [1.165, 1.54) is 0 Å². The summed E-state index contributed by atoms with van der Waals surface area (Å²) in [6.45, 7) is 1.97. The topological polar surface area (TPSA) is 53.4 Å². The molecule has 0 spiro atoms. The normalized spacial score (nSPS) is 11.0. The smallest absolute Gasteiger partial charge is 0.262 e. The number of nitrogens with zero attached hydrogens (tertiary/aromatic N) is 2. The maximum Gasteiger partial charge on any atom is 0.262 e. The minimum Gasteiger partial charge on any atom is -0.497 e. The first-order valence-corrected chi connectivity index (χ1v) is 9.36. The van der Waals surface area contributed by atoms with Crippen LogP contribution in [0.1, 0.15) is 22.7 Å². The molecule has 0 aliphatic rings. The molecule has 5 heteroatoms. The second-order valence-corrected chi connectivity index (χ2v) is 6.93. The second-order valence-electron chi connectivity index (χ2n) is 6.93. The molecule has 0 aliphatic carbocycles. The van der Waals surface area contributed by atoms with Crippen molar-refractivity contribution in [1.82, 2.24) is 9.55 Å². The summed E-state index contributed by atoms with van der Waals surface area (Å²) in [5.41, 5.74) is 3.58. The SMILES string of the molecule is COc1ccc(C(c2ccc(OC)cc2)n2cnc3ccc(C)cc3c2=O)cc1. The molecule has 0 radical (unpaired) electrons. The van der Waals surface area contributed by atoms with Gasteiger partial charge in [0.1, 0.15) is 11.5 Å². The van der Waals surface area contributed by atoms with Crippen LogP contribution in [0.3, 0.4) is 0 Å². The molecule has 4 rings (SSSR count). The van der Waals surface area contributed by atoms with Gasteiger partial charge in [-0.05, 0) is 54.4 Å². The number of ether oxygens (including phenoxy) is 2. The van der Waals surface area contributed by atoms with Gasteiger partial charge in [0, 0.05) is 0 Å². The zero-order valence-electron chi connectivity index (χ0n) is 16.6. The molecule has 0 saturated carbocycles. The van der Waals surface area contributed by atoms with Gasteiger partial charge in [-0.15, -0.1) is 0 Å². The van der Waals surface area contributed by atoms with Crippen molar-refractivity contribution in [3.8, 4) is 11.5 Å². The predicted octanol–water partition coefficient (Wildman–Crippen LogP) is 4.36. The highest BCUT2D eigenvalue weighted by Crippen LogP contribution is 2.29. The summed E-state index contributed by atoms with van der Waals surface area (Å²) in [6.07, 6.45) is 1.62. The van der Waals surface area contributed by atoms with E-state index in [0.29, 0.717) is 10.9 Å². The molecule has 0 fully saturated rings. The molecule has 0 amide bonds. The van der Waals surface area contributed by atoms with Crippen molar-refractivity contribution in [2.75, 3.05) is 14.2 Å². The van der Waals surface area contributed by atoms with Crippen LogP contribution in [0.2, 0.25) is 0 Å². The molecule has 1 heterocycles. The lowest BCUT2D eigenvalue weighted by atomic mass is 9.98. The summed E-state index contributed by atoms with van der Waals surface area (Å²) in [4.78, 5) is 17.9. The molecule has 0 unspecified atom stereocenters. The van der Waals surface area contributed by atoms with Crippen molar-refractivity contribution >= 4 is 10.9 Å². The van der Waals surface area contributed by atoms with E-state index in [9.17, 15) is 4.79 Å². The van der Waals surface area contributed by atoms with Crippen LogP contribution in [0, 0.1) is 6.92 Å². The number of aromatic nitrogens is 2. The van der Waals surface area contributed by atoms with E-state index >= 15 is 0 Å². The van der Waals surface area contributed by atoms with E-state index in [0.717, 1.165) is 28.2 Å². The quantitative estimate of drug-likeness (QED) is 0.511. The van der Waals surface area contributed by atoms with Crippen molar-refractivity contribution in [1.29, 1.82) is 0 Å². The third-order valence-electron chi connectivity index (χ3n) is 5.08. The first-order valence-electron chi connectivity index (χ1n) is 9.36. The maximum atomic E-state index is 13.4. The fourth-order valence-corrected chi connectivity index (χ4v) is 3.52. The molecule has 0 aliphatic heterocycles. The third-order valence-corrected chi connectivity index (χ3v) is 5.08. The van der Waals surface area contributed by atoms with Gasteiger partial charge in [0.15, 0.2) is 0 Å². The molecule has 0 bridgehead atoms. The van der Waals surface area contributed by atoms with Crippen LogP contribution in [-0.2, 0) is 0 Å². The molecule has 3 aromatic carbocycles. The summed E-state index contributed by atoms with van der Waals surface area (Å²) in [7, 11) is 3.27. The second kappa shape index (κ2) is 7.80. The van der Waals surface area contributed by atoms with Crippen LogP contribution < -0.4 is 15.0 Å². The van der Waals surface area contributed by atoms with E-state index in [2.05, 4.69) is 4.98 Å². The van der Waals surface area contributed by atoms with Crippen LogP contribution in [0.5, 0.6) is 11.5 Å². The highest BCUT2D eigenvalue weighted by Gasteiger charge is 2.19. The van der Waals surface area contributed by atoms with Crippen LogP contribution in [0.4, 0.5) is 0 Å². The van der Waals surface area contributed by atoms with Crippen LogP contribution in [0.25, 0.3) is 10.9 Å². The summed E-state index contributed by atoms with van der Waals surface area (Å²) >= 11 is 0. The maximum absolute atomic E-state index is 13.4. The van der Waals surface area contributed by atoms with E-state index in [-0.39, 0.29) is 11.6 Å². The Labute approximate surface area is 169 Å². The monoisotopic (exact) mass is 386 g/mol. The molecule has 146 valence electrons. The minimum atomic E-state index is -0.322. The number of benzene rings is 3. The van der Waals surface area contributed by atoms with Gasteiger partial charge in [0.05, 0.1) is 37.5 Å². The number of hydrogen-bond donors (Lipinski definition) is 0. The minimum absolute atomic E-state index is 0.0738. The van der Waals surface area contributed by atoms with E-state index in [1.807, 2.05) is 73.7 Å². The van der Waals surface area contributed by atoms with Gasteiger partial charge in [0.2, 0.25) is 0 Å². The van der Waals surface area contributed by atoms with Crippen molar-refractivity contribution in [3.63, 3.8) is 0 Å². The molecule has 4 aromatic rings. The fraction of sp³-hybridized carbons (Fsp3) is 0.167. The Bertz CT molecular complexity index is 1150. The molecule has 1 aromatic heterocycles. The van der Waals surface area contributed by atoms with E-state index in [1.54, 1.807) is 25.1 Å². The summed E-state index contributed by atoms with van der Waals surface area (Å²) in [5, 5.41) is 0.611. The van der Waals surface area contributed by atoms with Gasteiger partial charge < -0.3 is 9.47 Å². The zero-order chi connectivity index (χ0) is 20.4. The Kier molecular flexibility index (Phi) is 5.04. The van der Waals surface area contributed by atoms with Crippen molar-refractivity contribution in [3.05, 3.63) is 100 Å². The number of rotatable bonds is 5. The van der Waals surface area contributed by atoms with Crippen LogP contribution in [0.15, 0.2) is 77.9 Å². The van der Waals surface area contributed by atoms with Gasteiger partial charge >= 0.3 is 0 Å². The zero-order valence-corrected chi connectivity index (χ0v) is 16.6. The first-order chi connectivity index (χ1) is 14.1. The number of aryl methyl sites for hydroxylation is 1. The molecule has 0 saturated heterocycles. The predicted molar refractivity (Wildman–Crippen MR) is 114 cm³/mol. The summed E-state index contributed by atoms with van der Waals surface area (Å²) < 4.78 is 12.3. The molecular formula is C24H22N2O3. The average Bonchev–Trinajstić information content (AvgIpc) is 2.77. The standard InChI is InChI=1S/C24H22N2O3/c1-16-4-13-22-21(14-16)24(27)26(15-25-22)23(17-5-9-19(28-2)10-6-17)18-7-11-20(29-3)12-8-18/h4-15,23H,1-3H3. The molecule has 5 nitrogen and oxygen atoms in total. The van der Waals surface area contributed by atoms with Crippen molar-refractivity contribution in [2.24, 2.45) is 0 Å². The lowest BCUT2D eigenvalue weighted by molar-refractivity contribution is 0.414. The number of fused-ring (bicyclic) bond motifs is 1. The Morgan fingerprint density at radius 2 is 1.38 bits per heavy atom. The number of hydrogen-bond acceptors (Lipinski definition) is 4. The Morgan fingerprint density at radius 3 is 1.90 bits per heavy atom. The summed E-state index contributed by atoms with van der Waals surface area (Å²) in [5.74, 6) is 1.53. The molecule has 0 N–H and O–H groups in total. The highest BCUT2D eigenvalue weighted by molar-refractivity contribution is 5.78. The van der Waals surface area contributed by atoms with Gasteiger partial charge in [-0.2, -0.15) is 0 Å². The average molecular weight is 386 g/mol.